The van der Waals surface area contributed by atoms with Gasteiger partial charge in [0.1, 0.15) is 11.0 Å². The summed E-state index contributed by atoms with van der Waals surface area (Å²) in [6.07, 6.45) is 1.71. The van der Waals surface area contributed by atoms with Gasteiger partial charge in [-0.2, -0.15) is 0 Å². The summed E-state index contributed by atoms with van der Waals surface area (Å²) in [5.41, 5.74) is 7.37. The number of aromatic nitrogens is 2. The fourth-order valence-corrected chi connectivity index (χ4v) is 3.24. The van der Waals surface area contributed by atoms with Gasteiger partial charge < -0.3 is 16.0 Å². The minimum atomic E-state index is -0.463. The second-order valence-corrected chi connectivity index (χ2v) is 6.68. The lowest BCUT2D eigenvalue weighted by Gasteiger charge is -2.35. The quantitative estimate of drug-likeness (QED) is 0.852. The van der Waals surface area contributed by atoms with Gasteiger partial charge >= 0.3 is 0 Å². The van der Waals surface area contributed by atoms with Crippen LogP contribution >= 0.6 is 0 Å². The van der Waals surface area contributed by atoms with E-state index in [0.717, 1.165) is 12.8 Å². The van der Waals surface area contributed by atoms with Crippen molar-refractivity contribution in [3.8, 4) is 0 Å². The Kier molecular flexibility index (Phi) is 4.98. The van der Waals surface area contributed by atoms with Crippen molar-refractivity contribution in [2.75, 3.05) is 13.1 Å². The van der Waals surface area contributed by atoms with Crippen LogP contribution in [0.15, 0.2) is 22.8 Å². The average Bonchev–Trinajstić information content (AvgIpc) is 3.08. The summed E-state index contributed by atoms with van der Waals surface area (Å²) in [6.45, 7) is 5.07. The van der Waals surface area contributed by atoms with Crippen LogP contribution < -0.4 is 11.1 Å². The van der Waals surface area contributed by atoms with Gasteiger partial charge in [0.2, 0.25) is 5.91 Å². The molecule has 1 fully saturated rings. The highest BCUT2D eigenvalue weighted by molar-refractivity contribution is 5.97. The minimum Gasteiger partial charge on any atom is -0.349 e. The molecule has 8 heteroatoms. The van der Waals surface area contributed by atoms with Crippen molar-refractivity contribution >= 4 is 22.8 Å². The molecule has 1 aliphatic heterocycles. The predicted molar refractivity (Wildman–Crippen MR) is 91.7 cm³/mol. The molecule has 0 spiro atoms. The number of benzene rings is 1. The Bertz CT molecular complexity index is 764. The van der Waals surface area contributed by atoms with Crippen molar-refractivity contribution in [2.45, 2.75) is 38.8 Å². The molecule has 1 unspecified atom stereocenters. The molecule has 8 nitrogen and oxygen atoms in total. The SMILES string of the molecule is CC(NC(=O)c1ccc2nonc2c1)C1CCN(C(=O)[C@H](C)N)CC1. The van der Waals surface area contributed by atoms with Gasteiger partial charge in [-0.3, -0.25) is 9.59 Å². The molecule has 3 N–H and O–H groups in total. The molecule has 2 amide bonds. The van der Waals surface area contributed by atoms with E-state index in [1.165, 1.54) is 0 Å². The molecular formula is C17H23N5O3. The maximum atomic E-state index is 12.5. The number of amides is 2. The number of fused-ring (bicyclic) bond motifs is 1. The highest BCUT2D eigenvalue weighted by Gasteiger charge is 2.28. The normalized spacial score (nSPS) is 18.1. The van der Waals surface area contributed by atoms with E-state index in [0.29, 0.717) is 35.6 Å². The molecule has 1 aromatic heterocycles. The van der Waals surface area contributed by atoms with Crippen molar-refractivity contribution in [1.29, 1.82) is 0 Å². The third-order valence-corrected chi connectivity index (χ3v) is 4.82. The highest BCUT2D eigenvalue weighted by atomic mass is 16.6. The number of nitrogens with one attached hydrogen (secondary N) is 1. The number of nitrogens with two attached hydrogens (primary N) is 1. The number of likely N-dealkylation sites (tertiary alicyclic amines) is 1. The Hall–Kier alpha value is -2.48. The average molecular weight is 345 g/mol. The minimum absolute atomic E-state index is 0.00957. The molecule has 2 heterocycles. The van der Waals surface area contributed by atoms with Crippen LogP contribution in [0.2, 0.25) is 0 Å². The van der Waals surface area contributed by atoms with Crippen LogP contribution in [-0.4, -0.2) is 52.2 Å². The van der Waals surface area contributed by atoms with Crippen LogP contribution in [0.25, 0.3) is 11.0 Å². The monoisotopic (exact) mass is 345 g/mol. The summed E-state index contributed by atoms with van der Waals surface area (Å²) in [6, 6.07) is 4.64. The molecule has 2 aromatic rings. The topological polar surface area (TPSA) is 114 Å². The van der Waals surface area contributed by atoms with Gasteiger partial charge in [0.05, 0.1) is 6.04 Å². The van der Waals surface area contributed by atoms with E-state index in [1.54, 1.807) is 30.0 Å². The second-order valence-electron chi connectivity index (χ2n) is 6.68. The summed E-state index contributed by atoms with van der Waals surface area (Å²) in [4.78, 5) is 26.2. The van der Waals surface area contributed by atoms with Crippen LogP contribution in [-0.2, 0) is 4.79 Å². The summed E-state index contributed by atoms with van der Waals surface area (Å²) in [5.74, 6) is 0.176. The number of piperidine rings is 1. The first kappa shape index (κ1) is 17.3. The lowest BCUT2D eigenvalue weighted by molar-refractivity contribution is -0.133. The zero-order valence-corrected chi connectivity index (χ0v) is 14.4. The van der Waals surface area contributed by atoms with E-state index >= 15 is 0 Å². The Labute approximate surface area is 145 Å². The molecule has 1 aliphatic rings. The van der Waals surface area contributed by atoms with Crippen molar-refractivity contribution in [1.82, 2.24) is 20.5 Å². The molecule has 25 heavy (non-hydrogen) atoms. The van der Waals surface area contributed by atoms with Crippen molar-refractivity contribution in [3.63, 3.8) is 0 Å². The molecule has 0 saturated carbocycles. The molecule has 0 bridgehead atoms. The fraction of sp³-hybridized carbons (Fsp3) is 0.529. The fourth-order valence-electron chi connectivity index (χ4n) is 3.24. The van der Waals surface area contributed by atoms with Crippen molar-refractivity contribution in [3.05, 3.63) is 23.8 Å². The van der Waals surface area contributed by atoms with Gasteiger partial charge in [0.25, 0.3) is 5.91 Å². The van der Waals surface area contributed by atoms with E-state index in [9.17, 15) is 9.59 Å². The van der Waals surface area contributed by atoms with E-state index in [4.69, 9.17) is 5.73 Å². The third kappa shape index (κ3) is 3.79. The molecule has 134 valence electrons. The van der Waals surface area contributed by atoms with Crippen LogP contribution in [0, 0.1) is 5.92 Å². The number of carbonyl (C=O) groups is 2. The summed E-state index contributed by atoms with van der Waals surface area (Å²) in [7, 11) is 0. The number of rotatable bonds is 4. The Balaban J connectivity index is 1.56. The van der Waals surface area contributed by atoms with Gasteiger partial charge in [-0.05, 0) is 61.1 Å². The molecule has 0 aliphatic carbocycles. The number of hydrogen-bond acceptors (Lipinski definition) is 6. The van der Waals surface area contributed by atoms with Gasteiger partial charge in [0, 0.05) is 24.7 Å². The first-order valence-electron chi connectivity index (χ1n) is 8.53. The van der Waals surface area contributed by atoms with E-state index in [2.05, 4.69) is 20.3 Å². The van der Waals surface area contributed by atoms with Crippen LogP contribution in [0.5, 0.6) is 0 Å². The molecule has 3 rings (SSSR count). The van der Waals surface area contributed by atoms with Gasteiger partial charge in [0.15, 0.2) is 0 Å². The lowest BCUT2D eigenvalue weighted by atomic mass is 9.90. The highest BCUT2D eigenvalue weighted by Crippen LogP contribution is 2.21. The largest absolute Gasteiger partial charge is 0.349 e. The first-order chi connectivity index (χ1) is 12.0. The second kappa shape index (κ2) is 7.18. The van der Waals surface area contributed by atoms with Crippen molar-refractivity contribution < 1.29 is 14.2 Å². The Morgan fingerprint density at radius 3 is 2.60 bits per heavy atom. The standard InChI is InChI=1S/C17H23N5O3/c1-10(18)17(24)22-7-5-12(6-8-22)11(2)19-16(23)13-3-4-14-15(9-13)21-25-20-14/h3-4,9-12H,5-8,18H2,1-2H3,(H,19,23)/t10-,11?/m0/s1. The summed E-state index contributed by atoms with van der Waals surface area (Å²) >= 11 is 0. The van der Waals surface area contributed by atoms with E-state index in [1.807, 2.05) is 6.92 Å². The molecule has 1 saturated heterocycles. The smallest absolute Gasteiger partial charge is 0.251 e. The number of nitrogens with zero attached hydrogens (tertiary/aromatic N) is 3. The van der Waals surface area contributed by atoms with Crippen LogP contribution in [0.3, 0.4) is 0 Å². The van der Waals surface area contributed by atoms with Crippen molar-refractivity contribution in [2.24, 2.45) is 11.7 Å². The lowest BCUT2D eigenvalue weighted by Crippen LogP contribution is -2.49. The molecule has 2 atom stereocenters. The van der Waals surface area contributed by atoms with Crippen LogP contribution in [0.4, 0.5) is 0 Å². The molecular weight excluding hydrogens is 322 g/mol. The number of carbonyl (C=O) groups excluding carboxylic acids is 2. The maximum Gasteiger partial charge on any atom is 0.251 e. The Morgan fingerprint density at radius 2 is 1.92 bits per heavy atom. The number of hydrogen-bond donors (Lipinski definition) is 2. The molecule has 1 aromatic carbocycles. The van der Waals surface area contributed by atoms with E-state index in [-0.39, 0.29) is 17.9 Å². The van der Waals surface area contributed by atoms with Gasteiger partial charge in [-0.25, -0.2) is 4.63 Å². The summed E-state index contributed by atoms with van der Waals surface area (Å²) in [5, 5.41) is 10.5. The Morgan fingerprint density at radius 1 is 1.24 bits per heavy atom. The zero-order valence-electron chi connectivity index (χ0n) is 14.4. The summed E-state index contributed by atoms with van der Waals surface area (Å²) < 4.78 is 4.65. The molecule has 0 radical (unpaired) electrons. The zero-order chi connectivity index (χ0) is 18.0. The van der Waals surface area contributed by atoms with Gasteiger partial charge in [-0.1, -0.05) is 0 Å². The maximum absolute atomic E-state index is 12.5. The first-order valence-corrected chi connectivity index (χ1v) is 8.53. The third-order valence-electron chi connectivity index (χ3n) is 4.82. The van der Waals surface area contributed by atoms with Gasteiger partial charge in [-0.15, -0.1) is 0 Å². The van der Waals surface area contributed by atoms with Crippen LogP contribution in [0.1, 0.15) is 37.0 Å². The van der Waals surface area contributed by atoms with E-state index < -0.39 is 6.04 Å². The predicted octanol–water partition coefficient (Wildman–Crippen LogP) is 0.927.